The lowest BCUT2D eigenvalue weighted by atomic mass is 10.2. The van der Waals surface area contributed by atoms with Crippen LogP contribution >= 0.6 is 0 Å². The predicted octanol–water partition coefficient (Wildman–Crippen LogP) is 4.34. The number of benzene rings is 2. The van der Waals surface area contributed by atoms with Gasteiger partial charge in [0.05, 0.1) is 31.3 Å². The van der Waals surface area contributed by atoms with Crippen molar-refractivity contribution in [3.63, 3.8) is 0 Å². The molecule has 0 aliphatic heterocycles. The van der Waals surface area contributed by atoms with Crippen molar-refractivity contribution in [2.75, 3.05) is 19.5 Å². The van der Waals surface area contributed by atoms with E-state index in [9.17, 15) is 9.18 Å². The van der Waals surface area contributed by atoms with E-state index in [1.165, 1.54) is 26.4 Å². The van der Waals surface area contributed by atoms with Crippen LogP contribution in [0.4, 0.5) is 10.1 Å². The van der Waals surface area contributed by atoms with Crippen LogP contribution in [-0.2, 0) is 0 Å². The van der Waals surface area contributed by atoms with Gasteiger partial charge < -0.3 is 14.8 Å². The molecule has 156 valence electrons. The zero-order valence-corrected chi connectivity index (χ0v) is 16.9. The summed E-state index contributed by atoms with van der Waals surface area (Å²) in [4.78, 5) is 17.1. The molecular weight excluding hydrogens is 399 g/mol. The van der Waals surface area contributed by atoms with Gasteiger partial charge in [-0.1, -0.05) is 0 Å². The third kappa shape index (κ3) is 4.23. The van der Waals surface area contributed by atoms with Crippen molar-refractivity contribution in [1.29, 1.82) is 0 Å². The number of nitrogens with zero attached hydrogens (tertiary/aromatic N) is 3. The first-order chi connectivity index (χ1) is 15.1. The van der Waals surface area contributed by atoms with Crippen LogP contribution in [0, 0.1) is 5.82 Å². The van der Waals surface area contributed by atoms with Crippen LogP contribution in [0.5, 0.6) is 11.5 Å². The molecule has 1 N–H and O–H groups in total. The molecule has 1 amide bonds. The average Bonchev–Trinajstić information content (AvgIpc) is 3.26. The summed E-state index contributed by atoms with van der Waals surface area (Å²) in [7, 11) is 3.05. The number of pyridine rings is 1. The maximum absolute atomic E-state index is 13.4. The van der Waals surface area contributed by atoms with Crippen LogP contribution in [0.15, 0.2) is 73.1 Å². The topological polar surface area (TPSA) is 78.3 Å². The number of carbonyl (C=O) groups is 1. The predicted molar refractivity (Wildman–Crippen MR) is 114 cm³/mol. The summed E-state index contributed by atoms with van der Waals surface area (Å²) in [6.07, 6.45) is 3.33. The van der Waals surface area contributed by atoms with Crippen LogP contribution in [0.25, 0.3) is 16.9 Å². The molecule has 0 fully saturated rings. The molecule has 0 aliphatic carbocycles. The van der Waals surface area contributed by atoms with Gasteiger partial charge in [-0.25, -0.2) is 9.07 Å². The Kier molecular flexibility index (Phi) is 5.61. The van der Waals surface area contributed by atoms with Gasteiger partial charge in [-0.05, 0) is 54.6 Å². The van der Waals surface area contributed by atoms with Gasteiger partial charge in [-0.15, -0.1) is 0 Å². The zero-order chi connectivity index (χ0) is 21.8. The number of ether oxygens (including phenoxy) is 2. The third-order valence-electron chi connectivity index (χ3n) is 4.63. The first kappa shape index (κ1) is 20.1. The Bertz CT molecular complexity index is 1210. The van der Waals surface area contributed by atoms with Crippen LogP contribution < -0.4 is 14.8 Å². The van der Waals surface area contributed by atoms with E-state index in [2.05, 4.69) is 15.4 Å². The molecule has 0 spiro atoms. The van der Waals surface area contributed by atoms with E-state index in [1.807, 2.05) is 6.07 Å². The molecule has 2 aromatic carbocycles. The second kappa shape index (κ2) is 8.66. The summed E-state index contributed by atoms with van der Waals surface area (Å²) in [6, 6.07) is 16.3. The number of nitrogens with one attached hydrogen (secondary N) is 1. The number of hydrogen-bond acceptors (Lipinski definition) is 5. The lowest BCUT2D eigenvalue weighted by Crippen LogP contribution is -2.14. The molecule has 31 heavy (non-hydrogen) atoms. The smallest absolute Gasteiger partial charge is 0.276 e. The van der Waals surface area contributed by atoms with E-state index in [-0.39, 0.29) is 11.5 Å². The lowest BCUT2D eigenvalue weighted by molar-refractivity contribution is 0.102. The Morgan fingerprint density at radius 1 is 1.03 bits per heavy atom. The van der Waals surface area contributed by atoms with Gasteiger partial charge in [-0.2, -0.15) is 5.10 Å². The van der Waals surface area contributed by atoms with Gasteiger partial charge >= 0.3 is 0 Å². The Morgan fingerprint density at radius 3 is 2.52 bits per heavy atom. The highest BCUT2D eigenvalue weighted by molar-refractivity contribution is 6.04. The van der Waals surface area contributed by atoms with Crippen molar-refractivity contribution in [2.45, 2.75) is 0 Å². The number of aromatic nitrogens is 3. The van der Waals surface area contributed by atoms with Crippen molar-refractivity contribution in [3.05, 3.63) is 84.6 Å². The van der Waals surface area contributed by atoms with Crippen molar-refractivity contribution in [1.82, 2.24) is 14.8 Å². The minimum absolute atomic E-state index is 0.174. The fraction of sp³-hybridized carbons (Fsp3) is 0.0870. The fourth-order valence-corrected chi connectivity index (χ4v) is 3.09. The quantitative estimate of drug-likeness (QED) is 0.504. The number of anilines is 1. The second-order valence-electron chi connectivity index (χ2n) is 6.57. The largest absolute Gasteiger partial charge is 0.497 e. The van der Waals surface area contributed by atoms with Crippen LogP contribution in [0.3, 0.4) is 0 Å². The van der Waals surface area contributed by atoms with E-state index < -0.39 is 5.91 Å². The number of carbonyl (C=O) groups excluding carboxylic acids is 1. The fourth-order valence-electron chi connectivity index (χ4n) is 3.09. The first-order valence-corrected chi connectivity index (χ1v) is 9.39. The normalized spacial score (nSPS) is 10.5. The zero-order valence-electron chi connectivity index (χ0n) is 16.9. The molecule has 0 radical (unpaired) electrons. The van der Waals surface area contributed by atoms with Crippen LogP contribution in [0.1, 0.15) is 10.5 Å². The van der Waals surface area contributed by atoms with Crippen LogP contribution in [-0.4, -0.2) is 34.9 Å². The molecule has 2 heterocycles. The van der Waals surface area contributed by atoms with Crippen LogP contribution in [0.2, 0.25) is 0 Å². The van der Waals surface area contributed by atoms with E-state index in [0.717, 1.165) is 5.56 Å². The maximum atomic E-state index is 13.4. The van der Waals surface area contributed by atoms with E-state index in [0.29, 0.717) is 28.6 Å². The summed E-state index contributed by atoms with van der Waals surface area (Å²) in [5.74, 6) is 0.267. The van der Waals surface area contributed by atoms with Crippen molar-refractivity contribution < 1.29 is 18.7 Å². The Balaban J connectivity index is 1.74. The minimum Gasteiger partial charge on any atom is -0.497 e. The van der Waals surface area contributed by atoms with Crippen molar-refractivity contribution in [3.8, 4) is 28.4 Å². The highest BCUT2D eigenvalue weighted by Crippen LogP contribution is 2.30. The second-order valence-corrected chi connectivity index (χ2v) is 6.57. The molecular formula is C23H19FN4O3. The van der Waals surface area contributed by atoms with Gasteiger partial charge in [0.2, 0.25) is 0 Å². The first-order valence-electron chi connectivity index (χ1n) is 9.39. The highest BCUT2D eigenvalue weighted by atomic mass is 19.1. The monoisotopic (exact) mass is 418 g/mol. The number of amides is 1. The van der Waals surface area contributed by atoms with Crippen molar-refractivity contribution >= 4 is 11.6 Å². The summed E-state index contributed by atoms with van der Waals surface area (Å²) in [5.41, 5.74) is 2.64. The van der Waals surface area contributed by atoms with Gasteiger partial charge in [0.15, 0.2) is 5.69 Å². The molecule has 7 nitrogen and oxygen atoms in total. The molecule has 0 saturated heterocycles. The van der Waals surface area contributed by atoms with E-state index in [1.54, 1.807) is 59.5 Å². The molecule has 0 aliphatic rings. The summed E-state index contributed by atoms with van der Waals surface area (Å²) in [6.45, 7) is 0. The summed E-state index contributed by atoms with van der Waals surface area (Å²) in [5, 5.41) is 7.27. The van der Waals surface area contributed by atoms with Gasteiger partial charge in [0.25, 0.3) is 5.91 Å². The molecule has 4 rings (SSSR count). The number of rotatable bonds is 6. The molecule has 8 heteroatoms. The van der Waals surface area contributed by atoms with E-state index in [4.69, 9.17) is 9.47 Å². The summed E-state index contributed by atoms with van der Waals surface area (Å²) >= 11 is 0. The molecule has 0 atom stereocenters. The molecule has 2 aromatic heterocycles. The standard InChI is InChI=1S/C23H19FN4O3/c1-30-18-9-10-22(31-2)19(12-18)26-23(29)20-13-21(15-4-3-11-25-14-15)28(27-20)17-7-5-16(24)6-8-17/h3-14H,1-2H3,(H,26,29). The maximum Gasteiger partial charge on any atom is 0.276 e. The van der Waals surface area contributed by atoms with Gasteiger partial charge in [0, 0.05) is 24.0 Å². The Morgan fingerprint density at radius 2 is 1.84 bits per heavy atom. The Labute approximate surface area is 178 Å². The molecule has 0 bridgehead atoms. The average molecular weight is 418 g/mol. The molecule has 0 saturated carbocycles. The third-order valence-corrected chi connectivity index (χ3v) is 4.63. The Hall–Kier alpha value is -4.20. The molecule has 4 aromatic rings. The summed E-state index contributed by atoms with van der Waals surface area (Å²) < 4.78 is 25.5. The van der Waals surface area contributed by atoms with Crippen molar-refractivity contribution in [2.24, 2.45) is 0 Å². The number of halogens is 1. The molecule has 0 unspecified atom stereocenters. The number of hydrogen-bond donors (Lipinski definition) is 1. The SMILES string of the molecule is COc1ccc(OC)c(NC(=O)c2cc(-c3cccnc3)n(-c3ccc(F)cc3)n2)c1. The highest BCUT2D eigenvalue weighted by Gasteiger charge is 2.18. The van der Waals surface area contributed by atoms with E-state index >= 15 is 0 Å². The van der Waals surface area contributed by atoms with Gasteiger partial charge in [0.1, 0.15) is 17.3 Å². The lowest BCUT2D eigenvalue weighted by Gasteiger charge is -2.11. The van der Waals surface area contributed by atoms with Gasteiger partial charge in [-0.3, -0.25) is 9.78 Å². The number of methoxy groups -OCH3 is 2. The minimum atomic E-state index is -0.433.